The quantitative estimate of drug-likeness (QED) is 0.354. The Labute approximate surface area is 217 Å². The summed E-state index contributed by atoms with van der Waals surface area (Å²) in [5.41, 5.74) is 5.20. The number of para-hydroxylation sites is 1. The molecule has 188 valence electrons. The molecule has 4 heteroatoms. The number of halogens is 1. The second-order valence-corrected chi connectivity index (χ2v) is 10.9. The normalized spacial score (nSPS) is 18.3. The van der Waals surface area contributed by atoms with Gasteiger partial charge in [0.2, 0.25) is 0 Å². The third-order valence-corrected chi connectivity index (χ3v) is 8.23. The van der Waals surface area contributed by atoms with Crippen LogP contribution < -0.4 is 5.32 Å². The number of carbonyl (C=O) groups excluding carboxylic acids is 1. The Morgan fingerprint density at radius 2 is 1.74 bits per heavy atom. The van der Waals surface area contributed by atoms with E-state index in [4.69, 9.17) is 0 Å². The average Bonchev–Trinajstić information content (AvgIpc) is 3.22. The molecule has 1 N–H and O–H groups in total. The second-order valence-electron chi connectivity index (χ2n) is 10.9. The lowest BCUT2D eigenvalue weighted by molar-refractivity contribution is -0.120. The molecule has 5 rings (SSSR count). The Morgan fingerprint density at radius 3 is 2.51 bits per heavy atom. The number of benzene rings is 2. The molecule has 1 aliphatic carbocycles. The van der Waals surface area contributed by atoms with Crippen LogP contribution in [0.2, 0.25) is 0 Å². The highest BCUT2D eigenvalue weighted by Gasteiger charge is 2.25. The summed E-state index contributed by atoms with van der Waals surface area (Å²) in [4.78, 5) is 13.4. The highest BCUT2D eigenvalue weighted by molar-refractivity contribution is 5.87. The van der Waals surface area contributed by atoms with Gasteiger partial charge in [0.05, 0.1) is 0 Å². The molecule has 0 radical (unpaired) electrons. The van der Waals surface area contributed by atoms with Crippen molar-refractivity contribution in [2.24, 2.45) is 11.8 Å². The summed E-state index contributed by atoms with van der Waals surface area (Å²) < 4.78 is 2.50. The zero-order valence-electron chi connectivity index (χ0n) is 21.2. The number of Topliss-reactive ketones (excluding diaryl/α,β-unsaturated/α-hetero) is 1. The van der Waals surface area contributed by atoms with E-state index in [0.717, 1.165) is 44.8 Å². The third kappa shape index (κ3) is 6.37. The molecule has 0 spiro atoms. The SMILES string of the molecule is Cc1cccc(C(CC(=O)CC2CCNCC2)c2cn(CC3CCCCC3)c3ccccc23)c1.Cl. The number of fused-ring (bicyclic) bond motifs is 1. The van der Waals surface area contributed by atoms with E-state index >= 15 is 0 Å². The monoisotopic (exact) mass is 492 g/mol. The summed E-state index contributed by atoms with van der Waals surface area (Å²) in [7, 11) is 0. The molecule has 2 fully saturated rings. The van der Waals surface area contributed by atoms with E-state index in [1.807, 2.05) is 0 Å². The minimum Gasteiger partial charge on any atom is -0.347 e. The highest BCUT2D eigenvalue weighted by atomic mass is 35.5. The minimum absolute atomic E-state index is 0. The topological polar surface area (TPSA) is 34.0 Å². The molecule has 0 amide bonds. The molecule has 1 atom stereocenters. The summed E-state index contributed by atoms with van der Waals surface area (Å²) in [6, 6.07) is 17.7. The highest BCUT2D eigenvalue weighted by Crippen LogP contribution is 2.37. The van der Waals surface area contributed by atoms with Crippen molar-refractivity contribution >= 4 is 29.1 Å². The van der Waals surface area contributed by atoms with E-state index in [1.165, 1.54) is 59.7 Å². The number of nitrogens with zero attached hydrogens (tertiary/aromatic N) is 1. The van der Waals surface area contributed by atoms with E-state index in [-0.39, 0.29) is 18.3 Å². The van der Waals surface area contributed by atoms with Crippen molar-refractivity contribution in [2.45, 2.75) is 77.2 Å². The molecule has 2 heterocycles. The van der Waals surface area contributed by atoms with Gasteiger partial charge in [-0.3, -0.25) is 4.79 Å². The van der Waals surface area contributed by atoms with Crippen LogP contribution in [0.15, 0.2) is 54.7 Å². The largest absolute Gasteiger partial charge is 0.347 e. The Bertz CT molecular complexity index is 1110. The lowest BCUT2D eigenvalue weighted by Gasteiger charge is -2.23. The number of aromatic nitrogens is 1. The molecule has 2 aromatic carbocycles. The number of ketones is 1. The Kier molecular flexibility index (Phi) is 9.08. The van der Waals surface area contributed by atoms with Crippen LogP contribution in [-0.4, -0.2) is 23.4 Å². The number of hydrogen-bond acceptors (Lipinski definition) is 2. The number of rotatable bonds is 8. The van der Waals surface area contributed by atoms with Gasteiger partial charge in [0.15, 0.2) is 0 Å². The Morgan fingerprint density at radius 1 is 0.971 bits per heavy atom. The number of aryl methyl sites for hydroxylation is 1. The summed E-state index contributed by atoms with van der Waals surface area (Å²) in [6.07, 6.45) is 12.8. The first-order valence-corrected chi connectivity index (χ1v) is 13.5. The first-order valence-electron chi connectivity index (χ1n) is 13.5. The van der Waals surface area contributed by atoms with Crippen LogP contribution in [-0.2, 0) is 11.3 Å². The maximum atomic E-state index is 13.4. The van der Waals surface area contributed by atoms with Gasteiger partial charge in [-0.05, 0) is 74.7 Å². The molecule has 1 aromatic heterocycles. The summed E-state index contributed by atoms with van der Waals surface area (Å²) in [6.45, 7) is 5.36. The van der Waals surface area contributed by atoms with Gasteiger partial charge in [0.25, 0.3) is 0 Å². The van der Waals surface area contributed by atoms with Crippen molar-refractivity contribution in [3.05, 3.63) is 71.4 Å². The smallest absolute Gasteiger partial charge is 0.134 e. The van der Waals surface area contributed by atoms with Gasteiger partial charge in [-0.25, -0.2) is 0 Å². The summed E-state index contributed by atoms with van der Waals surface area (Å²) >= 11 is 0. The molecule has 1 unspecified atom stereocenters. The lowest BCUT2D eigenvalue weighted by Crippen LogP contribution is -2.29. The molecule has 35 heavy (non-hydrogen) atoms. The fourth-order valence-corrected chi connectivity index (χ4v) is 6.36. The van der Waals surface area contributed by atoms with Gasteiger partial charge < -0.3 is 9.88 Å². The predicted molar refractivity (Wildman–Crippen MR) is 149 cm³/mol. The summed E-state index contributed by atoms with van der Waals surface area (Å²) in [5, 5.41) is 4.75. The zero-order chi connectivity index (χ0) is 23.3. The standard InChI is InChI=1S/C31H40N2O.ClH/c1-23-8-7-11-26(18-23)29(20-27(34)19-24-14-16-32-17-15-24)30-22-33(21-25-9-3-2-4-10-25)31-13-6-5-12-28(30)31;/h5-8,11-13,18,22,24-25,29,32H,2-4,9-10,14-17,19-21H2,1H3;1H. The van der Waals surface area contributed by atoms with Gasteiger partial charge in [-0.15, -0.1) is 12.4 Å². The van der Waals surface area contributed by atoms with Crippen molar-refractivity contribution in [3.8, 4) is 0 Å². The van der Waals surface area contributed by atoms with Crippen LogP contribution in [0.5, 0.6) is 0 Å². The van der Waals surface area contributed by atoms with Crippen molar-refractivity contribution in [2.75, 3.05) is 13.1 Å². The van der Waals surface area contributed by atoms with E-state index in [9.17, 15) is 4.79 Å². The third-order valence-electron chi connectivity index (χ3n) is 8.23. The molecule has 1 aliphatic heterocycles. The fourth-order valence-electron chi connectivity index (χ4n) is 6.36. The lowest BCUT2D eigenvalue weighted by atomic mass is 9.83. The van der Waals surface area contributed by atoms with Crippen molar-refractivity contribution in [1.82, 2.24) is 9.88 Å². The Hall–Kier alpha value is -2.10. The second kappa shape index (κ2) is 12.2. The predicted octanol–water partition coefficient (Wildman–Crippen LogP) is 7.43. The average molecular weight is 493 g/mol. The summed E-state index contributed by atoms with van der Waals surface area (Å²) in [5.74, 6) is 1.85. The number of nitrogens with one attached hydrogen (secondary N) is 1. The van der Waals surface area contributed by atoms with Crippen molar-refractivity contribution in [1.29, 1.82) is 0 Å². The van der Waals surface area contributed by atoms with Crippen molar-refractivity contribution in [3.63, 3.8) is 0 Å². The zero-order valence-corrected chi connectivity index (χ0v) is 22.0. The van der Waals surface area contributed by atoms with E-state index in [1.54, 1.807) is 0 Å². The van der Waals surface area contributed by atoms with Gasteiger partial charge >= 0.3 is 0 Å². The number of carbonyl (C=O) groups is 1. The minimum atomic E-state index is 0. The molecule has 0 bridgehead atoms. The van der Waals surface area contributed by atoms with E-state index in [2.05, 4.69) is 71.5 Å². The fraction of sp³-hybridized carbons (Fsp3) is 0.516. The number of piperidine rings is 1. The molecule has 3 nitrogen and oxygen atoms in total. The molecule has 2 aliphatic rings. The maximum absolute atomic E-state index is 13.4. The molecular weight excluding hydrogens is 452 g/mol. The van der Waals surface area contributed by atoms with Gasteiger partial charge in [0.1, 0.15) is 5.78 Å². The van der Waals surface area contributed by atoms with Crippen LogP contribution in [0.1, 0.15) is 80.4 Å². The molecular formula is C31H41ClN2O. The first kappa shape index (κ1) is 26.0. The van der Waals surface area contributed by atoms with E-state index < -0.39 is 0 Å². The van der Waals surface area contributed by atoms with E-state index in [0.29, 0.717) is 18.1 Å². The van der Waals surface area contributed by atoms with Crippen LogP contribution in [0.25, 0.3) is 10.9 Å². The first-order chi connectivity index (χ1) is 16.7. The molecule has 1 saturated carbocycles. The van der Waals surface area contributed by atoms with Crippen molar-refractivity contribution < 1.29 is 4.79 Å². The van der Waals surface area contributed by atoms with Crippen LogP contribution in [0.4, 0.5) is 0 Å². The Balaban J connectivity index is 0.00000289. The van der Waals surface area contributed by atoms with Gasteiger partial charge in [0, 0.05) is 42.4 Å². The molecule has 3 aromatic rings. The van der Waals surface area contributed by atoms with Gasteiger partial charge in [-0.1, -0.05) is 67.3 Å². The van der Waals surface area contributed by atoms with Crippen LogP contribution in [0.3, 0.4) is 0 Å². The maximum Gasteiger partial charge on any atom is 0.134 e. The number of hydrogen-bond donors (Lipinski definition) is 1. The molecule has 1 saturated heterocycles. The van der Waals surface area contributed by atoms with Gasteiger partial charge in [-0.2, -0.15) is 0 Å². The van der Waals surface area contributed by atoms with Crippen LogP contribution >= 0.6 is 12.4 Å². The van der Waals surface area contributed by atoms with Crippen LogP contribution in [0, 0.1) is 18.8 Å².